The highest BCUT2D eigenvalue weighted by Crippen LogP contribution is 2.57. The van der Waals surface area contributed by atoms with E-state index in [4.69, 9.17) is 10.5 Å². The molecule has 5 aliphatic carbocycles. The molecule has 0 radical (unpaired) electrons. The first-order valence-electron chi connectivity index (χ1n) is 8.83. The second kappa shape index (κ2) is 4.87. The fraction of sp³-hybridized carbons (Fsp3) is 0.941. The summed E-state index contributed by atoms with van der Waals surface area (Å²) in [7, 11) is 0. The Morgan fingerprint density at radius 2 is 1.71 bits per heavy atom. The summed E-state index contributed by atoms with van der Waals surface area (Å²) >= 11 is 0. The van der Waals surface area contributed by atoms with Crippen molar-refractivity contribution in [3.05, 3.63) is 0 Å². The Bertz CT molecular complexity index is 417. The number of hydrogen-bond donors (Lipinski definition) is 2. The number of rotatable bonds is 2. The van der Waals surface area contributed by atoms with Gasteiger partial charge in [0.25, 0.3) is 0 Å². The van der Waals surface area contributed by atoms with Crippen molar-refractivity contribution in [3.8, 4) is 0 Å². The molecule has 0 aromatic heterocycles. The minimum absolute atomic E-state index is 0.0603. The summed E-state index contributed by atoms with van der Waals surface area (Å²) in [6.45, 7) is 0. The van der Waals surface area contributed by atoms with Gasteiger partial charge in [-0.25, -0.2) is 4.79 Å². The van der Waals surface area contributed by atoms with E-state index in [0.29, 0.717) is 17.9 Å². The molecule has 118 valence electrons. The van der Waals surface area contributed by atoms with Gasteiger partial charge in [0.2, 0.25) is 0 Å². The van der Waals surface area contributed by atoms with E-state index in [1.165, 1.54) is 25.7 Å². The molecule has 4 atom stereocenters. The lowest BCUT2D eigenvalue weighted by atomic mass is 9.51. The van der Waals surface area contributed by atoms with Gasteiger partial charge in [-0.05, 0) is 56.8 Å². The number of alkyl carbamates (subject to hydrolysis) is 1. The zero-order valence-electron chi connectivity index (χ0n) is 12.9. The Morgan fingerprint density at radius 1 is 1.05 bits per heavy atom. The number of hydrogen-bond acceptors (Lipinski definition) is 3. The van der Waals surface area contributed by atoms with Gasteiger partial charge in [-0.2, -0.15) is 0 Å². The van der Waals surface area contributed by atoms with Gasteiger partial charge in [0.1, 0.15) is 5.60 Å². The van der Waals surface area contributed by atoms with Crippen molar-refractivity contribution >= 4 is 6.09 Å². The van der Waals surface area contributed by atoms with Crippen LogP contribution in [0.15, 0.2) is 0 Å². The van der Waals surface area contributed by atoms with Gasteiger partial charge >= 0.3 is 6.09 Å². The molecule has 0 saturated heterocycles. The minimum atomic E-state index is -0.252. The molecule has 4 heteroatoms. The Balaban J connectivity index is 1.40. The van der Waals surface area contributed by atoms with E-state index in [9.17, 15) is 4.79 Å². The van der Waals surface area contributed by atoms with Crippen molar-refractivity contribution in [3.63, 3.8) is 0 Å². The van der Waals surface area contributed by atoms with E-state index in [-0.39, 0.29) is 17.2 Å². The average Bonchev–Trinajstić information content (AvgIpc) is 2.35. The molecule has 21 heavy (non-hydrogen) atoms. The van der Waals surface area contributed by atoms with Crippen LogP contribution in [0.3, 0.4) is 0 Å². The molecular formula is C17H28N2O2. The maximum absolute atomic E-state index is 12.3. The molecule has 0 aliphatic heterocycles. The van der Waals surface area contributed by atoms with Gasteiger partial charge in [0, 0.05) is 18.0 Å². The summed E-state index contributed by atoms with van der Waals surface area (Å²) in [6, 6.07) is 0.326. The van der Waals surface area contributed by atoms with Crippen LogP contribution in [0.1, 0.15) is 70.6 Å². The minimum Gasteiger partial charge on any atom is -0.443 e. The zero-order chi connectivity index (χ0) is 14.5. The second-order valence-electron chi connectivity index (χ2n) is 8.38. The molecule has 5 fully saturated rings. The van der Waals surface area contributed by atoms with E-state index < -0.39 is 0 Å². The van der Waals surface area contributed by atoms with Crippen molar-refractivity contribution in [1.29, 1.82) is 0 Å². The third-order valence-corrected chi connectivity index (χ3v) is 6.29. The fourth-order valence-electron chi connectivity index (χ4n) is 6.01. The van der Waals surface area contributed by atoms with Gasteiger partial charge in [-0.3, -0.25) is 0 Å². The van der Waals surface area contributed by atoms with Crippen LogP contribution in [0.5, 0.6) is 0 Å². The van der Waals surface area contributed by atoms with Crippen LogP contribution in [0.4, 0.5) is 4.79 Å². The van der Waals surface area contributed by atoms with Crippen LogP contribution in [0.25, 0.3) is 0 Å². The van der Waals surface area contributed by atoms with Crippen molar-refractivity contribution in [2.24, 2.45) is 17.6 Å². The third kappa shape index (κ3) is 2.67. The van der Waals surface area contributed by atoms with Gasteiger partial charge < -0.3 is 15.8 Å². The van der Waals surface area contributed by atoms with Crippen LogP contribution in [0.2, 0.25) is 0 Å². The summed E-state index contributed by atoms with van der Waals surface area (Å²) in [5.74, 6) is 1.36. The maximum atomic E-state index is 12.3. The molecule has 0 heterocycles. The Kier molecular flexibility index (Phi) is 3.21. The first kappa shape index (κ1) is 13.9. The zero-order valence-corrected chi connectivity index (χ0v) is 12.9. The molecule has 4 bridgehead atoms. The summed E-state index contributed by atoms with van der Waals surface area (Å²) in [4.78, 5) is 12.3. The average molecular weight is 292 g/mol. The Morgan fingerprint density at radius 3 is 2.33 bits per heavy atom. The van der Waals surface area contributed by atoms with E-state index in [2.05, 4.69) is 5.32 Å². The third-order valence-electron chi connectivity index (χ3n) is 6.29. The highest BCUT2D eigenvalue weighted by Gasteiger charge is 2.58. The van der Waals surface area contributed by atoms with Crippen LogP contribution in [-0.4, -0.2) is 23.3 Å². The maximum Gasteiger partial charge on any atom is 0.407 e. The Labute approximate surface area is 127 Å². The molecule has 3 N–H and O–H groups in total. The molecular weight excluding hydrogens is 264 g/mol. The number of nitrogens with two attached hydrogens (primary N) is 1. The van der Waals surface area contributed by atoms with Crippen LogP contribution in [0, 0.1) is 11.8 Å². The molecule has 2 unspecified atom stereocenters. The molecule has 4 nitrogen and oxygen atoms in total. The Hall–Kier alpha value is -0.770. The topological polar surface area (TPSA) is 64.3 Å². The van der Waals surface area contributed by atoms with Gasteiger partial charge in [-0.1, -0.05) is 19.3 Å². The van der Waals surface area contributed by atoms with Crippen molar-refractivity contribution < 1.29 is 9.53 Å². The number of carbonyl (C=O) groups is 1. The number of carbonyl (C=O) groups excluding carboxylic acids is 1. The lowest BCUT2D eigenvalue weighted by Gasteiger charge is -2.59. The highest BCUT2D eigenvalue weighted by molar-refractivity contribution is 5.68. The molecule has 0 spiro atoms. The van der Waals surface area contributed by atoms with Gasteiger partial charge in [-0.15, -0.1) is 0 Å². The van der Waals surface area contributed by atoms with Crippen LogP contribution >= 0.6 is 0 Å². The number of amides is 1. The van der Waals surface area contributed by atoms with Crippen molar-refractivity contribution in [2.45, 2.75) is 87.8 Å². The first-order valence-corrected chi connectivity index (χ1v) is 8.83. The SMILES string of the molecule is NC12C[C@H]3C[C@@H](C1)CC(OC(=O)NC1CCCCC1)(C3)C2. The largest absolute Gasteiger partial charge is 0.443 e. The van der Waals surface area contributed by atoms with E-state index in [1.54, 1.807) is 0 Å². The smallest absolute Gasteiger partial charge is 0.407 e. The summed E-state index contributed by atoms with van der Waals surface area (Å²) in [5, 5.41) is 3.10. The van der Waals surface area contributed by atoms with E-state index >= 15 is 0 Å². The number of ether oxygens (including phenoxy) is 1. The van der Waals surface area contributed by atoms with Crippen LogP contribution in [-0.2, 0) is 4.74 Å². The first-order chi connectivity index (χ1) is 10.0. The van der Waals surface area contributed by atoms with Crippen molar-refractivity contribution in [1.82, 2.24) is 5.32 Å². The molecule has 5 rings (SSSR count). The normalized spacial score (nSPS) is 45.6. The molecule has 5 aliphatic rings. The highest BCUT2D eigenvalue weighted by atomic mass is 16.6. The molecule has 0 aromatic rings. The van der Waals surface area contributed by atoms with Gasteiger partial charge in [0.15, 0.2) is 0 Å². The number of nitrogens with one attached hydrogen (secondary N) is 1. The fourth-order valence-corrected chi connectivity index (χ4v) is 6.01. The van der Waals surface area contributed by atoms with Crippen LogP contribution < -0.4 is 11.1 Å². The summed E-state index contributed by atoms with van der Waals surface area (Å²) in [6.07, 6.45) is 12.3. The quantitative estimate of drug-likeness (QED) is 0.822. The standard InChI is InChI=1S/C17H28N2O2/c18-16-7-12-6-13(8-16)10-17(9-12,11-16)21-15(20)19-14-4-2-1-3-5-14/h12-14H,1-11,18H2,(H,19,20)/t12-,13+,16?,17?. The molecule has 0 aromatic carbocycles. The monoisotopic (exact) mass is 292 g/mol. The van der Waals surface area contributed by atoms with E-state index in [0.717, 1.165) is 44.9 Å². The predicted octanol–water partition coefficient (Wildman–Crippen LogP) is 3.10. The van der Waals surface area contributed by atoms with E-state index in [1.807, 2.05) is 0 Å². The lowest BCUT2D eigenvalue weighted by Crippen LogP contribution is -2.64. The lowest BCUT2D eigenvalue weighted by molar-refractivity contribution is -0.135. The summed E-state index contributed by atoms with van der Waals surface area (Å²) < 4.78 is 5.99. The summed E-state index contributed by atoms with van der Waals surface area (Å²) in [5.41, 5.74) is 6.24. The van der Waals surface area contributed by atoms with Crippen molar-refractivity contribution in [2.75, 3.05) is 0 Å². The second-order valence-corrected chi connectivity index (χ2v) is 8.38. The molecule has 1 amide bonds. The van der Waals surface area contributed by atoms with Gasteiger partial charge in [0.05, 0.1) is 0 Å². The predicted molar refractivity (Wildman–Crippen MR) is 80.8 cm³/mol. The molecule has 5 saturated carbocycles.